The molecule has 0 bridgehead atoms. The lowest BCUT2D eigenvalue weighted by Crippen LogP contribution is -2.22. The van der Waals surface area contributed by atoms with Gasteiger partial charge in [0.15, 0.2) is 0 Å². The maximum atomic E-state index is 12.1. The fraction of sp³-hybridized carbons (Fsp3) is 0.267. The summed E-state index contributed by atoms with van der Waals surface area (Å²) in [6.45, 7) is 3.68. The predicted molar refractivity (Wildman–Crippen MR) is 76.0 cm³/mol. The number of para-hydroxylation sites is 1. The second-order valence-electron chi connectivity index (χ2n) is 4.69. The van der Waals surface area contributed by atoms with Gasteiger partial charge in [0.2, 0.25) is 5.88 Å². The molecule has 1 amide bonds. The summed E-state index contributed by atoms with van der Waals surface area (Å²) in [7, 11) is 3.41. The summed E-state index contributed by atoms with van der Waals surface area (Å²) in [5.41, 5.74) is 1.33. The molecule has 20 heavy (non-hydrogen) atoms. The van der Waals surface area contributed by atoms with Crippen molar-refractivity contribution in [3.8, 4) is 11.6 Å². The van der Waals surface area contributed by atoms with E-state index in [1.165, 1.54) is 4.90 Å². The van der Waals surface area contributed by atoms with Crippen molar-refractivity contribution in [2.24, 2.45) is 0 Å². The summed E-state index contributed by atoms with van der Waals surface area (Å²) in [6.07, 6.45) is 0. The number of aryl methyl sites for hydroxylation is 2. The minimum absolute atomic E-state index is 0.108. The Bertz CT molecular complexity index is 619. The van der Waals surface area contributed by atoms with Crippen LogP contribution in [0.3, 0.4) is 0 Å². The van der Waals surface area contributed by atoms with Gasteiger partial charge < -0.3 is 9.64 Å². The van der Waals surface area contributed by atoms with E-state index in [-0.39, 0.29) is 5.91 Å². The summed E-state index contributed by atoms with van der Waals surface area (Å²) in [5, 5.41) is 0. The number of carbonyl (C=O) groups is 1. The van der Waals surface area contributed by atoms with E-state index in [1.807, 2.05) is 13.0 Å². The first-order valence-corrected chi connectivity index (χ1v) is 6.28. The van der Waals surface area contributed by atoms with Gasteiger partial charge in [-0.2, -0.15) is 4.98 Å². The van der Waals surface area contributed by atoms with Gasteiger partial charge in [-0.1, -0.05) is 12.1 Å². The van der Waals surface area contributed by atoms with Crippen LogP contribution in [-0.2, 0) is 0 Å². The molecule has 0 radical (unpaired) electrons. The van der Waals surface area contributed by atoms with Crippen LogP contribution in [0.25, 0.3) is 0 Å². The molecule has 0 saturated carbocycles. The van der Waals surface area contributed by atoms with Gasteiger partial charge in [0.25, 0.3) is 5.91 Å². The largest absolute Gasteiger partial charge is 0.438 e. The lowest BCUT2D eigenvalue weighted by Gasteiger charge is -2.14. The highest BCUT2D eigenvalue weighted by molar-refractivity contribution is 5.96. The molecule has 0 unspecified atom stereocenters. The molecule has 1 heterocycles. The quantitative estimate of drug-likeness (QED) is 0.861. The van der Waals surface area contributed by atoms with Gasteiger partial charge in [-0.05, 0) is 26.0 Å². The molecule has 5 heteroatoms. The van der Waals surface area contributed by atoms with E-state index in [0.29, 0.717) is 23.0 Å². The van der Waals surface area contributed by atoms with Crippen molar-refractivity contribution < 1.29 is 9.53 Å². The molecule has 0 aliphatic rings. The first-order chi connectivity index (χ1) is 9.47. The van der Waals surface area contributed by atoms with Gasteiger partial charge in [0.1, 0.15) is 11.6 Å². The number of rotatable bonds is 3. The smallest absolute Gasteiger partial charge is 0.257 e. The highest BCUT2D eigenvalue weighted by Gasteiger charge is 2.15. The molecule has 0 spiro atoms. The number of hydrogen-bond acceptors (Lipinski definition) is 4. The third-order valence-electron chi connectivity index (χ3n) is 2.68. The summed E-state index contributed by atoms with van der Waals surface area (Å²) in [4.78, 5) is 22.0. The molecule has 1 aromatic carbocycles. The first-order valence-electron chi connectivity index (χ1n) is 6.28. The number of benzene rings is 1. The van der Waals surface area contributed by atoms with Gasteiger partial charge >= 0.3 is 0 Å². The van der Waals surface area contributed by atoms with Gasteiger partial charge in [0.05, 0.1) is 5.56 Å². The molecule has 2 rings (SSSR count). The van der Waals surface area contributed by atoms with Crippen LogP contribution in [-0.4, -0.2) is 34.9 Å². The van der Waals surface area contributed by atoms with Crippen molar-refractivity contribution in [2.75, 3.05) is 14.1 Å². The zero-order valence-electron chi connectivity index (χ0n) is 12.0. The minimum Gasteiger partial charge on any atom is -0.438 e. The third kappa shape index (κ3) is 3.12. The number of ether oxygens (including phenoxy) is 1. The molecule has 5 nitrogen and oxygen atoms in total. The average molecular weight is 271 g/mol. The van der Waals surface area contributed by atoms with E-state index in [4.69, 9.17) is 4.74 Å². The van der Waals surface area contributed by atoms with Gasteiger partial charge in [0, 0.05) is 25.9 Å². The molecule has 0 aliphatic heterocycles. The van der Waals surface area contributed by atoms with E-state index in [1.54, 1.807) is 45.3 Å². The van der Waals surface area contributed by atoms with E-state index in [2.05, 4.69) is 9.97 Å². The normalized spacial score (nSPS) is 10.2. The summed E-state index contributed by atoms with van der Waals surface area (Å²) in [5.74, 6) is 1.46. The molecule has 0 fully saturated rings. The summed E-state index contributed by atoms with van der Waals surface area (Å²) >= 11 is 0. The van der Waals surface area contributed by atoms with Crippen LogP contribution in [0.4, 0.5) is 0 Å². The van der Waals surface area contributed by atoms with Crippen LogP contribution in [0.15, 0.2) is 30.3 Å². The summed E-state index contributed by atoms with van der Waals surface area (Å²) < 4.78 is 5.74. The van der Waals surface area contributed by atoms with Crippen LogP contribution in [0, 0.1) is 13.8 Å². The van der Waals surface area contributed by atoms with E-state index >= 15 is 0 Å². The average Bonchev–Trinajstić information content (AvgIpc) is 2.37. The Morgan fingerprint density at radius 2 is 1.85 bits per heavy atom. The van der Waals surface area contributed by atoms with E-state index < -0.39 is 0 Å². The maximum Gasteiger partial charge on any atom is 0.257 e. The van der Waals surface area contributed by atoms with E-state index in [9.17, 15) is 4.79 Å². The molecule has 0 atom stereocenters. The van der Waals surface area contributed by atoms with Crippen molar-refractivity contribution >= 4 is 5.91 Å². The molecule has 104 valence electrons. The van der Waals surface area contributed by atoms with Crippen LogP contribution in [0.5, 0.6) is 11.6 Å². The third-order valence-corrected chi connectivity index (χ3v) is 2.68. The molecule has 0 N–H and O–H groups in total. The molecule has 0 aliphatic carbocycles. The van der Waals surface area contributed by atoms with Crippen LogP contribution < -0.4 is 4.74 Å². The molecule has 1 aromatic heterocycles. The number of aromatic nitrogens is 2. The number of nitrogens with zero attached hydrogens (tertiary/aromatic N) is 3. The standard InChI is InChI=1S/C15H17N3O2/c1-10-9-14(17-11(2)16-10)20-13-8-6-5-7-12(13)15(19)18(3)4/h5-9H,1-4H3. The Balaban J connectivity index is 2.36. The Morgan fingerprint density at radius 3 is 2.50 bits per heavy atom. The first kappa shape index (κ1) is 14.0. The Morgan fingerprint density at radius 1 is 1.15 bits per heavy atom. The molecule has 0 saturated heterocycles. The van der Waals surface area contributed by atoms with Crippen LogP contribution >= 0.6 is 0 Å². The second kappa shape index (κ2) is 5.69. The lowest BCUT2D eigenvalue weighted by atomic mass is 10.2. The Hall–Kier alpha value is -2.43. The van der Waals surface area contributed by atoms with E-state index in [0.717, 1.165) is 5.69 Å². The number of amides is 1. The zero-order chi connectivity index (χ0) is 14.7. The monoisotopic (exact) mass is 271 g/mol. The van der Waals surface area contributed by atoms with Crippen LogP contribution in [0.2, 0.25) is 0 Å². The van der Waals surface area contributed by atoms with Crippen molar-refractivity contribution in [3.05, 3.63) is 47.4 Å². The number of hydrogen-bond donors (Lipinski definition) is 0. The Kier molecular flexibility index (Phi) is 3.98. The van der Waals surface area contributed by atoms with Crippen molar-refractivity contribution in [1.82, 2.24) is 14.9 Å². The molecular formula is C15H17N3O2. The SMILES string of the molecule is Cc1cc(Oc2ccccc2C(=O)N(C)C)nc(C)n1. The Labute approximate surface area is 118 Å². The highest BCUT2D eigenvalue weighted by atomic mass is 16.5. The van der Waals surface area contributed by atoms with Gasteiger partial charge in [-0.25, -0.2) is 4.98 Å². The van der Waals surface area contributed by atoms with Gasteiger partial charge in [-0.3, -0.25) is 4.79 Å². The lowest BCUT2D eigenvalue weighted by molar-refractivity contribution is 0.0825. The maximum absolute atomic E-state index is 12.1. The molecule has 2 aromatic rings. The molecular weight excluding hydrogens is 254 g/mol. The van der Waals surface area contributed by atoms with Crippen molar-refractivity contribution in [2.45, 2.75) is 13.8 Å². The van der Waals surface area contributed by atoms with Crippen LogP contribution in [0.1, 0.15) is 21.9 Å². The minimum atomic E-state index is -0.108. The van der Waals surface area contributed by atoms with Crippen molar-refractivity contribution in [3.63, 3.8) is 0 Å². The zero-order valence-corrected chi connectivity index (χ0v) is 12.0. The topological polar surface area (TPSA) is 55.3 Å². The fourth-order valence-corrected chi connectivity index (χ4v) is 1.82. The number of carbonyl (C=O) groups excluding carboxylic acids is 1. The fourth-order valence-electron chi connectivity index (χ4n) is 1.82. The van der Waals surface area contributed by atoms with Crippen molar-refractivity contribution in [1.29, 1.82) is 0 Å². The highest BCUT2D eigenvalue weighted by Crippen LogP contribution is 2.25. The van der Waals surface area contributed by atoms with Gasteiger partial charge in [-0.15, -0.1) is 0 Å². The second-order valence-corrected chi connectivity index (χ2v) is 4.69. The summed E-state index contributed by atoms with van der Waals surface area (Å²) in [6, 6.07) is 8.86. The predicted octanol–water partition coefficient (Wildman–Crippen LogP) is 2.59.